The molecule has 3 fully saturated rings. The number of amides is 2. The quantitative estimate of drug-likeness (QED) is 0.850. The fraction of sp³-hybridized carbons (Fsp3) is 0.364. The van der Waals surface area contributed by atoms with E-state index >= 15 is 0 Å². The summed E-state index contributed by atoms with van der Waals surface area (Å²) in [7, 11) is 0. The number of benzene rings is 2. The van der Waals surface area contributed by atoms with Gasteiger partial charge in [0.1, 0.15) is 0 Å². The van der Waals surface area contributed by atoms with Gasteiger partial charge in [-0.15, -0.1) is 0 Å². The maximum atomic E-state index is 12.7. The second-order valence-corrected chi connectivity index (χ2v) is 7.76. The molecular formula is C22H21NO2. The SMILES string of the molecule is O=C1NC(=O)C2(C3CCCc4c(-c5ccccc5)cccc43)CC1C2. The maximum absolute atomic E-state index is 12.7. The van der Waals surface area contributed by atoms with Crippen molar-refractivity contribution >= 4 is 11.8 Å². The normalized spacial score (nSPS) is 30.2. The Balaban J connectivity index is 1.60. The number of rotatable bonds is 2. The lowest BCUT2D eigenvalue weighted by molar-refractivity contribution is -0.161. The number of carbonyl (C=O) groups excluding carboxylic acids is 2. The average molecular weight is 331 g/mol. The Hall–Kier alpha value is -2.42. The van der Waals surface area contributed by atoms with Crippen LogP contribution in [0.2, 0.25) is 0 Å². The second-order valence-electron chi connectivity index (χ2n) is 7.76. The molecule has 2 aliphatic carbocycles. The molecule has 1 unspecified atom stereocenters. The fourth-order valence-corrected chi connectivity index (χ4v) is 5.28. The molecule has 6 rings (SSSR count). The maximum Gasteiger partial charge on any atom is 0.233 e. The van der Waals surface area contributed by atoms with E-state index in [2.05, 4.69) is 47.8 Å². The highest BCUT2D eigenvalue weighted by atomic mass is 16.2. The van der Waals surface area contributed by atoms with E-state index in [1.54, 1.807) is 0 Å². The Morgan fingerprint density at radius 3 is 2.52 bits per heavy atom. The molecule has 2 amide bonds. The predicted octanol–water partition coefficient (Wildman–Crippen LogP) is 3.83. The number of piperidine rings is 2. The average Bonchev–Trinajstić information content (AvgIpc) is 2.60. The van der Waals surface area contributed by atoms with Crippen LogP contribution in [0.15, 0.2) is 48.5 Å². The summed E-state index contributed by atoms with van der Waals surface area (Å²) in [6.45, 7) is 0. The number of fused-ring (bicyclic) bond motifs is 3. The molecule has 2 aliphatic heterocycles. The first-order chi connectivity index (χ1) is 12.2. The van der Waals surface area contributed by atoms with Crippen LogP contribution in [0, 0.1) is 11.3 Å². The third kappa shape index (κ3) is 2.05. The lowest BCUT2D eigenvalue weighted by atomic mass is 9.50. The minimum absolute atomic E-state index is 0.0389. The van der Waals surface area contributed by atoms with Crippen molar-refractivity contribution in [2.45, 2.75) is 38.0 Å². The summed E-state index contributed by atoms with van der Waals surface area (Å²) in [6, 6.07) is 17.0. The molecule has 0 radical (unpaired) electrons. The molecule has 2 saturated heterocycles. The highest BCUT2D eigenvalue weighted by Crippen LogP contribution is 2.60. The van der Waals surface area contributed by atoms with Crippen molar-refractivity contribution in [3.8, 4) is 11.1 Å². The van der Waals surface area contributed by atoms with Gasteiger partial charge in [-0.2, -0.15) is 0 Å². The number of nitrogens with one attached hydrogen (secondary N) is 1. The van der Waals surface area contributed by atoms with Crippen molar-refractivity contribution in [1.29, 1.82) is 0 Å². The molecule has 1 atom stereocenters. The molecule has 0 aromatic heterocycles. The molecule has 0 spiro atoms. The smallest absolute Gasteiger partial charge is 0.233 e. The van der Waals surface area contributed by atoms with Gasteiger partial charge in [0.2, 0.25) is 11.8 Å². The molecule has 3 heteroatoms. The van der Waals surface area contributed by atoms with Crippen LogP contribution in [0.3, 0.4) is 0 Å². The third-order valence-corrected chi connectivity index (χ3v) is 6.54. The van der Waals surface area contributed by atoms with Crippen molar-refractivity contribution in [2.75, 3.05) is 0 Å². The van der Waals surface area contributed by atoms with Gasteiger partial charge in [0.15, 0.2) is 0 Å². The number of carbonyl (C=O) groups is 2. The van der Waals surface area contributed by atoms with Gasteiger partial charge in [0, 0.05) is 5.92 Å². The fourth-order valence-electron chi connectivity index (χ4n) is 5.28. The molecular weight excluding hydrogens is 310 g/mol. The van der Waals surface area contributed by atoms with Gasteiger partial charge >= 0.3 is 0 Å². The Bertz CT molecular complexity index is 865. The summed E-state index contributed by atoms with van der Waals surface area (Å²) < 4.78 is 0. The zero-order valence-corrected chi connectivity index (χ0v) is 14.1. The minimum atomic E-state index is -0.358. The van der Waals surface area contributed by atoms with Gasteiger partial charge < -0.3 is 0 Å². The Kier molecular flexibility index (Phi) is 3.15. The van der Waals surface area contributed by atoms with Crippen LogP contribution in [0.4, 0.5) is 0 Å². The van der Waals surface area contributed by atoms with E-state index in [-0.39, 0.29) is 29.1 Å². The molecule has 1 N–H and O–H groups in total. The zero-order chi connectivity index (χ0) is 17.0. The highest BCUT2D eigenvalue weighted by Gasteiger charge is 2.61. The Morgan fingerprint density at radius 2 is 1.76 bits per heavy atom. The van der Waals surface area contributed by atoms with Crippen LogP contribution in [-0.2, 0) is 16.0 Å². The van der Waals surface area contributed by atoms with Gasteiger partial charge in [-0.3, -0.25) is 14.9 Å². The summed E-state index contributed by atoms with van der Waals surface area (Å²) in [5, 5.41) is 2.62. The molecule has 2 aromatic rings. The first kappa shape index (κ1) is 14.9. The summed E-state index contributed by atoms with van der Waals surface area (Å²) >= 11 is 0. The number of hydrogen-bond acceptors (Lipinski definition) is 2. The molecule has 126 valence electrons. The van der Waals surface area contributed by atoms with Gasteiger partial charge in [-0.25, -0.2) is 0 Å². The number of hydrogen-bond donors (Lipinski definition) is 1. The standard InChI is InChI=1S/C22H21NO2/c24-20-15-12-22(13-15,21(25)23-20)19-11-5-9-17-16(8-4-10-18(17)19)14-6-2-1-3-7-14/h1-4,6-8,10,15,19H,5,9,11-13H2,(H,23,24,25). The van der Waals surface area contributed by atoms with Crippen molar-refractivity contribution < 1.29 is 9.59 Å². The van der Waals surface area contributed by atoms with Gasteiger partial charge in [0.25, 0.3) is 0 Å². The van der Waals surface area contributed by atoms with E-state index < -0.39 is 0 Å². The summed E-state index contributed by atoms with van der Waals surface area (Å²) in [5.41, 5.74) is 4.90. The highest BCUT2D eigenvalue weighted by molar-refractivity contribution is 6.05. The topological polar surface area (TPSA) is 46.2 Å². The molecule has 25 heavy (non-hydrogen) atoms. The van der Waals surface area contributed by atoms with Gasteiger partial charge in [-0.05, 0) is 60.3 Å². The molecule has 1 saturated carbocycles. The lowest BCUT2D eigenvalue weighted by Gasteiger charge is -2.55. The van der Waals surface area contributed by atoms with E-state index in [9.17, 15) is 9.59 Å². The zero-order valence-electron chi connectivity index (χ0n) is 14.1. The van der Waals surface area contributed by atoms with Crippen LogP contribution in [0.1, 0.15) is 42.7 Å². The Morgan fingerprint density at radius 1 is 0.960 bits per heavy atom. The van der Waals surface area contributed by atoms with Crippen molar-refractivity contribution in [1.82, 2.24) is 5.32 Å². The van der Waals surface area contributed by atoms with Crippen LogP contribution < -0.4 is 5.32 Å². The van der Waals surface area contributed by atoms with E-state index in [1.165, 1.54) is 22.3 Å². The molecule has 2 aromatic carbocycles. The molecule has 2 heterocycles. The van der Waals surface area contributed by atoms with Gasteiger partial charge in [-0.1, -0.05) is 48.5 Å². The van der Waals surface area contributed by atoms with Gasteiger partial charge in [0.05, 0.1) is 5.41 Å². The van der Waals surface area contributed by atoms with E-state index in [0.29, 0.717) is 0 Å². The monoisotopic (exact) mass is 331 g/mol. The van der Waals surface area contributed by atoms with Crippen LogP contribution in [0.25, 0.3) is 11.1 Å². The molecule has 4 aliphatic rings. The van der Waals surface area contributed by atoms with Crippen molar-refractivity contribution in [2.24, 2.45) is 11.3 Å². The van der Waals surface area contributed by atoms with E-state index in [0.717, 1.165) is 32.1 Å². The molecule has 2 bridgehead atoms. The van der Waals surface area contributed by atoms with Crippen LogP contribution in [-0.4, -0.2) is 11.8 Å². The van der Waals surface area contributed by atoms with Crippen LogP contribution in [0.5, 0.6) is 0 Å². The van der Waals surface area contributed by atoms with Crippen LogP contribution >= 0.6 is 0 Å². The first-order valence-electron chi connectivity index (χ1n) is 9.21. The summed E-state index contributed by atoms with van der Waals surface area (Å²) in [6.07, 6.45) is 4.68. The largest absolute Gasteiger partial charge is 0.296 e. The second kappa shape index (κ2) is 5.29. The lowest BCUT2D eigenvalue weighted by Crippen LogP contribution is -2.64. The van der Waals surface area contributed by atoms with E-state index in [1.807, 2.05) is 6.07 Å². The van der Waals surface area contributed by atoms with Crippen molar-refractivity contribution in [3.63, 3.8) is 0 Å². The minimum Gasteiger partial charge on any atom is -0.296 e. The third-order valence-electron chi connectivity index (χ3n) is 6.54. The molecule has 3 nitrogen and oxygen atoms in total. The number of imide groups is 1. The first-order valence-corrected chi connectivity index (χ1v) is 9.21. The summed E-state index contributed by atoms with van der Waals surface area (Å²) in [5.74, 6) is 0.175. The van der Waals surface area contributed by atoms with E-state index in [4.69, 9.17) is 0 Å². The van der Waals surface area contributed by atoms with Crippen molar-refractivity contribution in [3.05, 3.63) is 59.7 Å². The predicted molar refractivity (Wildman–Crippen MR) is 95.9 cm³/mol. The summed E-state index contributed by atoms with van der Waals surface area (Å²) in [4.78, 5) is 24.5. The Labute approximate surface area is 147 Å².